The van der Waals surface area contributed by atoms with Crippen molar-refractivity contribution < 1.29 is 14.8 Å². The molecule has 3 aliphatic rings. The van der Waals surface area contributed by atoms with Crippen molar-refractivity contribution in [2.45, 2.75) is 37.6 Å². The first-order chi connectivity index (χ1) is 17.4. The lowest BCUT2D eigenvalue weighted by molar-refractivity contribution is -0.135. The van der Waals surface area contributed by atoms with E-state index in [0.717, 1.165) is 61.7 Å². The van der Waals surface area contributed by atoms with Gasteiger partial charge in [0.2, 0.25) is 5.95 Å². The normalized spacial score (nSPS) is 19.9. The van der Waals surface area contributed by atoms with Crippen molar-refractivity contribution in [2.75, 3.05) is 43.7 Å². The topological polar surface area (TPSA) is 119 Å². The van der Waals surface area contributed by atoms with Gasteiger partial charge in [-0.3, -0.25) is 19.4 Å². The summed E-state index contributed by atoms with van der Waals surface area (Å²) in [6, 6.07) is 9.09. The number of nitrogens with zero attached hydrogens (tertiary/aromatic N) is 6. The molecule has 11 heteroatoms. The van der Waals surface area contributed by atoms with Gasteiger partial charge in [-0.25, -0.2) is 10.4 Å². The first-order valence-electron chi connectivity index (χ1n) is 12.5. The van der Waals surface area contributed by atoms with Gasteiger partial charge < -0.3 is 15.1 Å². The summed E-state index contributed by atoms with van der Waals surface area (Å²) in [4.78, 5) is 39.2. The predicted molar refractivity (Wildman–Crippen MR) is 134 cm³/mol. The van der Waals surface area contributed by atoms with Crippen LogP contribution in [0.3, 0.4) is 0 Å². The van der Waals surface area contributed by atoms with E-state index in [9.17, 15) is 14.8 Å². The SMILES string of the molecule is CN1CCN(C(=O)c2ccc(Nc3ncc4cc5n(c4n3)C3(CCCCC3)C(=O)NN5O)cc2)CC1. The fourth-order valence-electron chi connectivity index (χ4n) is 5.58. The minimum atomic E-state index is -0.772. The van der Waals surface area contributed by atoms with Crippen LogP contribution >= 0.6 is 0 Å². The second kappa shape index (κ2) is 8.75. The number of piperazine rings is 1. The molecule has 1 aromatic carbocycles. The number of carbonyl (C=O) groups is 2. The van der Waals surface area contributed by atoms with Gasteiger partial charge in [0, 0.05) is 49.0 Å². The number of rotatable bonds is 3. The molecule has 11 nitrogen and oxygen atoms in total. The Hall–Kier alpha value is -3.70. The van der Waals surface area contributed by atoms with E-state index in [2.05, 4.69) is 27.7 Å². The Morgan fingerprint density at radius 1 is 1.08 bits per heavy atom. The quantitative estimate of drug-likeness (QED) is 0.512. The molecule has 2 aliphatic heterocycles. The van der Waals surface area contributed by atoms with Crippen LogP contribution in [0.25, 0.3) is 11.0 Å². The second-order valence-corrected chi connectivity index (χ2v) is 9.95. The van der Waals surface area contributed by atoms with Gasteiger partial charge in [0.05, 0.1) is 0 Å². The van der Waals surface area contributed by atoms with E-state index >= 15 is 0 Å². The lowest BCUT2D eigenvalue weighted by Crippen LogP contribution is -2.59. The summed E-state index contributed by atoms with van der Waals surface area (Å²) in [5, 5.41) is 15.1. The van der Waals surface area contributed by atoms with Crippen LogP contribution in [0.5, 0.6) is 0 Å². The lowest BCUT2D eigenvalue weighted by atomic mass is 9.80. The molecule has 0 atom stereocenters. The predicted octanol–water partition coefficient (Wildman–Crippen LogP) is 2.46. The van der Waals surface area contributed by atoms with E-state index < -0.39 is 5.54 Å². The number of hydrazine groups is 1. The molecule has 188 valence electrons. The first-order valence-corrected chi connectivity index (χ1v) is 12.5. The molecule has 3 aromatic rings. The number of amides is 2. The highest BCUT2D eigenvalue weighted by Gasteiger charge is 2.48. The number of hydrogen-bond acceptors (Lipinski definition) is 8. The molecule has 6 rings (SSSR count). The zero-order chi connectivity index (χ0) is 24.9. The Bertz CT molecular complexity index is 1310. The molecule has 2 fully saturated rings. The van der Waals surface area contributed by atoms with Gasteiger partial charge >= 0.3 is 0 Å². The maximum Gasteiger partial charge on any atom is 0.266 e. The van der Waals surface area contributed by atoms with E-state index in [4.69, 9.17) is 4.98 Å². The maximum atomic E-state index is 13.1. The molecule has 3 N–H and O–H groups in total. The van der Waals surface area contributed by atoms with Crippen LogP contribution in [0.4, 0.5) is 17.5 Å². The molecule has 2 amide bonds. The number of nitrogens with one attached hydrogen (secondary N) is 2. The molecule has 36 heavy (non-hydrogen) atoms. The average Bonchev–Trinajstić information content (AvgIpc) is 3.29. The van der Waals surface area contributed by atoms with Crippen LogP contribution in [0, 0.1) is 0 Å². The molecule has 1 saturated carbocycles. The highest BCUT2D eigenvalue weighted by Crippen LogP contribution is 2.43. The first kappa shape index (κ1) is 22.7. The molecule has 4 heterocycles. The van der Waals surface area contributed by atoms with Crippen LogP contribution in [0.2, 0.25) is 0 Å². The summed E-state index contributed by atoms with van der Waals surface area (Å²) in [7, 11) is 2.06. The van der Waals surface area contributed by atoms with Gasteiger partial charge in [0.15, 0.2) is 5.82 Å². The Balaban J connectivity index is 1.27. The van der Waals surface area contributed by atoms with E-state index in [1.165, 1.54) is 0 Å². The van der Waals surface area contributed by atoms with E-state index in [1.54, 1.807) is 12.3 Å². The summed E-state index contributed by atoms with van der Waals surface area (Å²) in [6.07, 6.45) is 6.04. The third-order valence-corrected chi connectivity index (χ3v) is 7.66. The summed E-state index contributed by atoms with van der Waals surface area (Å²) in [6.45, 7) is 3.22. The van der Waals surface area contributed by atoms with Crippen molar-refractivity contribution in [3.63, 3.8) is 0 Å². The van der Waals surface area contributed by atoms with Gasteiger partial charge in [0.1, 0.15) is 11.2 Å². The zero-order valence-corrected chi connectivity index (χ0v) is 20.3. The number of fused-ring (bicyclic) bond motifs is 4. The molecule has 0 radical (unpaired) electrons. The van der Waals surface area contributed by atoms with Crippen molar-refractivity contribution in [1.82, 2.24) is 29.8 Å². The van der Waals surface area contributed by atoms with Crippen molar-refractivity contribution in [2.24, 2.45) is 0 Å². The van der Waals surface area contributed by atoms with Crippen molar-refractivity contribution >= 4 is 40.3 Å². The minimum Gasteiger partial charge on any atom is -0.336 e. The van der Waals surface area contributed by atoms with Crippen LogP contribution in [0.15, 0.2) is 36.5 Å². The number of benzene rings is 1. The third kappa shape index (κ3) is 3.75. The Labute approximate surface area is 208 Å². The largest absolute Gasteiger partial charge is 0.336 e. The fourth-order valence-corrected chi connectivity index (χ4v) is 5.58. The van der Waals surface area contributed by atoms with Crippen LogP contribution in [-0.2, 0) is 10.3 Å². The van der Waals surface area contributed by atoms with Crippen molar-refractivity contribution in [3.8, 4) is 0 Å². The van der Waals surface area contributed by atoms with E-state index in [0.29, 0.717) is 35.8 Å². The highest BCUT2D eigenvalue weighted by molar-refractivity contribution is 5.95. The number of anilines is 3. The molecular weight excluding hydrogens is 460 g/mol. The van der Waals surface area contributed by atoms with Gasteiger partial charge in [-0.05, 0) is 50.2 Å². The molecule has 1 saturated heterocycles. The summed E-state index contributed by atoms with van der Waals surface area (Å²) >= 11 is 0. The zero-order valence-electron chi connectivity index (χ0n) is 20.3. The third-order valence-electron chi connectivity index (χ3n) is 7.66. The minimum absolute atomic E-state index is 0.0387. The highest BCUT2D eigenvalue weighted by atomic mass is 16.5. The summed E-state index contributed by atoms with van der Waals surface area (Å²) < 4.78 is 1.87. The van der Waals surface area contributed by atoms with Crippen LogP contribution < -0.4 is 15.9 Å². The fraction of sp³-hybridized carbons (Fsp3) is 0.440. The Morgan fingerprint density at radius 2 is 1.81 bits per heavy atom. The van der Waals surface area contributed by atoms with Crippen molar-refractivity contribution in [1.29, 1.82) is 0 Å². The monoisotopic (exact) mass is 490 g/mol. The smallest absolute Gasteiger partial charge is 0.266 e. The van der Waals surface area contributed by atoms with Gasteiger partial charge in [-0.1, -0.05) is 19.3 Å². The Kier molecular flexibility index (Phi) is 5.53. The standard InChI is InChI=1S/C25H30N8O3/c1-30-11-13-31(14-12-30)22(34)17-5-7-19(8-6-17)27-24-26-16-18-15-20-32(21(18)28-24)25(9-3-2-4-10-25)23(35)29-33(20)36/h5-8,15-16,36H,2-4,9-14H2,1H3,(H,29,35)(H,26,27,28). The van der Waals surface area contributed by atoms with Crippen LogP contribution in [0.1, 0.15) is 42.5 Å². The van der Waals surface area contributed by atoms with Gasteiger partial charge in [-0.2, -0.15) is 4.98 Å². The van der Waals surface area contributed by atoms with Crippen LogP contribution in [-0.4, -0.2) is 74.6 Å². The Morgan fingerprint density at radius 3 is 2.53 bits per heavy atom. The number of aromatic nitrogens is 3. The molecule has 1 spiro atoms. The van der Waals surface area contributed by atoms with E-state index in [-0.39, 0.29) is 11.8 Å². The summed E-state index contributed by atoms with van der Waals surface area (Å²) in [5.41, 5.74) is 3.81. The molecule has 0 bridgehead atoms. The molecule has 0 unspecified atom stereocenters. The number of hydrogen-bond donors (Lipinski definition) is 3. The second-order valence-electron chi connectivity index (χ2n) is 9.95. The van der Waals surface area contributed by atoms with Gasteiger partial charge in [-0.15, -0.1) is 5.17 Å². The average molecular weight is 491 g/mol. The maximum absolute atomic E-state index is 13.1. The number of carbonyl (C=O) groups excluding carboxylic acids is 2. The number of likely N-dealkylation sites (N-methyl/N-ethyl adjacent to an activating group) is 1. The molecular formula is C25H30N8O3. The van der Waals surface area contributed by atoms with Crippen molar-refractivity contribution in [3.05, 3.63) is 42.1 Å². The van der Waals surface area contributed by atoms with E-state index in [1.807, 2.05) is 33.7 Å². The van der Waals surface area contributed by atoms with Gasteiger partial charge in [0.25, 0.3) is 11.8 Å². The molecule has 1 aliphatic carbocycles. The summed E-state index contributed by atoms with van der Waals surface area (Å²) in [5.74, 6) is 0.674. The molecule has 2 aromatic heterocycles. The lowest BCUT2D eigenvalue weighted by Gasteiger charge is -2.43.